The molecule has 0 unspecified atom stereocenters. The number of nitrogens with zero attached hydrogens (tertiary/aromatic N) is 3. The topological polar surface area (TPSA) is 89.9 Å². The number of anilines is 2. The quantitative estimate of drug-likeness (QED) is 0.603. The van der Waals surface area contributed by atoms with Gasteiger partial charge in [0.05, 0.1) is 11.9 Å². The van der Waals surface area contributed by atoms with Crippen LogP contribution in [0.1, 0.15) is 5.76 Å². The molecule has 1 aromatic carbocycles. The zero-order chi connectivity index (χ0) is 14.9. The van der Waals surface area contributed by atoms with E-state index in [1.807, 2.05) is 36.4 Å². The van der Waals surface area contributed by atoms with Crippen molar-refractivity contribution in [2.45, 2.75) is 6.54 Å². The third-order valence-corrected chi connectivity index (χ3v) is 3.43. The summed E-state index contributed by atoms with van der Waals surface area (Å²) in [4.78, 5) is 12.6. The first-order valence-electron chi connectivity index (χ1n) is 6.88. The Balaban J connectivity index is 1.63. The first-order valence-corrected chi connectivity index (χ1v) is 6.88. The fourth-order valence-electron chi connectivity index (χ4n) is 2.39. The number of rotatable bonds is 3. The minimum absolute atomic E-state index is 0.439. The average molecular weight is 291 g/mol. The predicted octanol–water partition coefficient (Wildman–Crippen LogP) is 2.97. The summed E-state index contributed by atoms with van der Waals surface area (Å²) in [6.07, 6.45) is 1.47. The molecule has 3 heterocycles. The van der Waals surface area contributed by atoms with E-state index in [0.29, 0.717) is 23.8 Å². The number of fused-ring (bicyclic) bond motifs is 2. The van der Waals surface area contributed by atoms with Crippen molar-refractivity contribution < 1.29 is 4.42 Å². The Kier molecular flexibility index (Phi) is 2.86. The molecule has 0 saturated carbocycles. The van der Waals surface area contributed by atoms with Gasteiger partial charge in [0.1, 0.15) is 29.3 Å². The highest BCUT2D eigenvalue weighted by atomic mass is 16.3. The molecule has 22 heavy (non-hydrogen) atoms. The Labute approximate surface area is 126 Å². The summed E-state index contributed by atoms with van der Waals surface area (Å²) in [6.45, 7) is 0.533. The van der Waals surface area contributed by atoms with Crippen molar-refractivity contribution in [2.75, 3.05) is 11.1 Å². The van der Waals surface area contributed by atoms with E-state index in [9.17, 15) is 0 Å². The van der Waals surface area contributed by atoms with Gasteiger partial charge in [0.15, 0.2) is 5.65 Å². The summed E-state index contributed by atoms with van der Waals surface area (Å²) >= 11 is 0. The molecule has 0 atom stereocenters. The maximum Gasteiger partial charge on any atom is 0.166 e. The number of hydrogen-bond donors (Lipinski definition) is 2. The SMILES string of the molecule is Nc1ccc2c(NCc3cc4ccccc4o3)ncnc2n1. The maximum atomic E-state index is 5.78. The molecule has 6 nitrogen and oxygen atoms in total. The van der Waals surface area contributed by atoms with E-state index < -0.39 is 0 Å². The molecule has 0 radical (unpaired) electrons. The van der Waals surface area contributed by atoms with Crippen molar-refractivity contribution in [1.82, 2.24) is 15.0 Å². The highest BCUT2D eigenvalue weighted by molar-refractivity contribution is 5.87. The second kappa shape index (κ2) is 5.00. The number of hydrogen-bond acceptors (Lipinski definition) is 6. The molecule has 4 aromatic rings. The molecular formula is C16H13N5O. The van der Waals surface area contributed by atoms with Gasteiger partial charge in [-0.3, -0.25) is 0 Å². The van der Waals surface area contributed by atoms with E-state index in [-0.39, 0.29) is 0 Å². The van der Waals surface area contributed by atoms with Crippen molar-refractivity contribution >= 4 is 33.6 Å². The van der Waals surface area contributed by atoms with Gasteiger partial charge in [0, 0.05) is 5.39 Å². The first-order chi connectivity index (χ1) is 10.8. The zero-order valence-corrected chi connectivity index (χ0v) is 11.7. The van der Waals surface area contributed by atoms with Crippen LogP contribution in [0.15, 0.2) is 53.2 Å². The van der Waals surface area contributed by atoms with Crippen LogP contribution in [0.25, 0.3) is 22.0 Å². The van der Waals surface area contributed by atoms with E-state index >= 15 is 0 Å². The molecule has 0 saturated heterocycles. The molecule has 108 valence electrons. The minimum Gasteiger partial charge on any atom is -0.459 e. The monoisotopic (exact) mass is 291 g/mol. The molecule has 3 aromatic heterocycles. The lowest BCUT2D eigenvalue weighted by atomic mass is 10.2. The normalized spacial score (nSPS) is 11.1. The van der Waals surface area contributed by atoms with Crippen LogP contribution >= 0.6 is 0 Å². The van der Waals surface area contributed by atoms with Crippen molar-refractivity contribution in [2.24, 2.45) is 0 Å². The summed E-state index contributed by atoms with van der Waals surface area (Å²) in [5, 5.41) is 5.17. The summed E-state index contributed by atoms with van der Waals surface area (Å²) in [6, 6.07) is 13.5. The lowest BCUT2D eigenvalue weighted by Gasteiger charge is -2.06. The van der Waals surface area contributed by atoms with E-state index in [0.717, 1.165) is 22.1 Å². The van der Waals surface area contributed by atoms with Gasteiger partial charge in [0.25, 0.3) is 0 Å². The molecule has 0 aliphatic rings. The average Bonchev–Trinajstić information content (AvgIpc) is 2.95. The second-order valence-electron chi connectivity index (χ2n) is 4.93. The molecule has 0 aliphatic carbocycles. The predicted molar refractivity (Wildman–Crippen MR) is 85.3 cm³/mol. The van der Waals surface area contributed by atoms with Crippen LogP contribution in [0.2, 0.25) is 0 Å². The number of benzene rings is 1. The molecule has 0 fully saturated rings. The molecule has 4 rings (SSSR count). The third-order valence-electron chi connectivity index (χ3n) is 3.43. The van der Waals surface area contributed by atoms with Crippen molar-refractivity contribution in [1.29, 1.82) is 0 Å². The number of nitrogen functional groups attached to an aromatic ring is 1. The van der Waals surface area contributed by atoms with Gasteiger partial charge >= 0.3 is 0 Å². The summed E-state index contributed by atoms with van der Waals surface area (Å²) < 4.78 is 5.78. The lowest BCUT2D eigenvalue weighted by Crippen LogP contribution is -2.02. The van der Waals surface area contributed by atoms with Crippen molar-refractivity contribution in [3.63, 3.8) is 0 Å². The maximum absolute atomic E-state index is 5.78. The van der Waals surface area contributed by atoms with E-state index in [4.69, 9.17) is 10.2 Å². The van der Waals surface area contributed by atoms with Gasteiger partial charge in [-0.1, -0.05) is 18.2 Å². The smallest absolute Gasteiger partial charge is 0.166 e. The Morgan fingerprint density at radius 3 is 2.91 bits per heavy atom. The number of furan rings is 1. The first kappa shape index (κ1) is 12.6. The van der Waals surface area contributed by atoms with Gasteiger partial charge in [0.2, 0.25) is 0 Å². The standard InChI is InChI=1S/C16H13N5O/c17-14-6-5-12-15(19-9-20-16(12)21-14)18-8-11-7-10-3-1-2-4-13(10)22-11/h1-7,9H,8H2,(H3,17,18,19,20,21). The van der Waals surface area contributed by atoms with Crippen LogP contribution in [0.3, 0.4) is 0 Å². The Morgan fingerprint density at radius 1 is 1.09 bits per heavy atom. The number of para-hydroxylation sites is 1. The van der Waals surface area contributed by atoms with Crippen LogP contribution in [0, 0.1) is 0 Å². The van der Waals surface area contributed by atoms with E-state index in [1.165, 1.54) is 6.33 Å². The molecule has 0 bridgehead atoms. The van der Waals surface area contributed by atoms with Crippen LogP contribution in [-0.2, 0) is 6.54 Å². The van der Waals surface area contributed by atoms with E-state index in [2.05, 4.69) is 20.3 Å². The Hall–Kier alpha value is -3.15. The molecule has 0 amide bonds. The fourth-order valence-corrected chi connectivity index (χ4v) is 2.39. The highest BCUT2D eigenvalue weighted by Gasteiger charge is 2.07. The molecule has 3 N–H and O–H groups in total. The van der Waals surface area contributed by atoms with Gasteiger partial charge in [-0.15, -0.1) is 0 Å². The minimum atomic E-state index is 0.439. The number of aromatic nitrogens is 3. The summed E-state index contributed by atoms with van der Waals surface area (Å²) in [7, 11) is 0. The van der Waals surface area contributed by atoms with Crippen LogP contribution in [0.5, 0.6) is 0 Å². The van der Waals surface area contributed by atoms with Crippen LogP contribution < -0.4 is 11.1 Å². The number of nitrogens with two attached hydrogens (primary N) is 1. The van der Waals surface area contributed by atoms with Gasteiger partial charge in [-0.05, 0) is 24.3 Å². The van der Waals surface area contributed by atoms with Crippen molar-refractivity contribution in [3.05, 3.63) is 54.6 Å². The number of pyridine rings is 1. The molecule has 0 aliphatic heterocycles. The molecular weight excluding hydrogens is 278 g/mol. The Morgan fingerprint density at radius 2 is 2.00 bits per heavy atom. The molecule has 0 spiro atoms. The van der Waals surface area contributed by atoms with Crippen LogP contribution in [-0.4, -0.2) is 15.0 Å². The third kappa shape index (κ3) is 2.20. The largest absolute Gasteiger partial charge is 0.459 e. The fraction of sp³-hybridized carbons (Fsp3) is 0.0625. The Bertz CT molecular complexity index is 930. The van der Waals surface area contributed by atoms with Gasteiger partial charge in [-0.25, -0.2) is 15.0 Å². The highest BCUT2D eigenvalue weighted by Crippen LogP contribution is 2.22. The van der Waals surface area contributed by atoms with Gasteiger partial charge in [-0.2, -0.15) is 0 Å². The van der Waals surface area contributed by atoms with E-state index in [1.54, 1.807) is 6.07 Å². The lowest BCUT2D eigenvalue weighted by molar-refractivity contribution is 0.559. The summed E-state index contributed by atoms with van der Waals surface area (Å²) in [5.74, 6) is 1.99. The van der Waals surface area contributed by atoms with Crippen molar-refractivity contribution in [3.8, 4) is 0 Å². The van der Waals surface area contributed by atoms with Crippen LogP contribution in [0.4, 0.5) is 11.6 Å². The molecule has 6 heteroatoms. The number of nitrogens with one attached hydrogen (secondary N) is 1. The zero-order valence-electron chi connectivity index (χ0n) is 11.7. The second-order valence-corrected chi connectivity index (χ2v) is 4.93. The van der Waals surface area contributed by atoms with Gasteiger partial charge < -0.3 is 15.5 Å². The summed E-state index contributed by atoms with van der Waals surface area (Å²) in [5.41, 5.74) is 7.12.